The first-order valence-corrected chi connectivity index (χ1v) is 14.4. The molecule has 0 radical (unpaired) electrons. The molecule has 1 unspecified atom stereocenters. The van der Waals surface area contributed by atoms with E-state index in [2.05, 4.69) is 58.0 Å². The number of benzene rings is 3. The van der Waals surface area contributed by atoms with Crippen molar-refractivity contribution in [2.24, 2.45) is 0 Å². The summed E-state index contributed by atoms with van der Waals surface area (Å²) in [6.45, 7) is 12.5. The third-order valence-corrected chi connectivity index (χ3v) is 8.74. The maximum atomic E-state index is 13.2. The molecule has 200 valence electrons. The summed E-state index contributed by atoms with van der Waals surface area (Å²) in [5, 5.41) is 0.784. The minimum absolute atomic E-state index is 0.205. The number of amides is 1. The van der Waals surface area contributed by atoms with Gasteiger partial charge in [-0.05, 0) is 80.0 Å². The Labute approximate surface area is 233 Å². The second-order valence-corrected chi connectivity index (χ2v) is 11.7. The summed E-state index contributed by atoms with van der Waals surface area (Å²) in [5.41, 5.74) is 7.05. The second kappa shape index (κ2) is 12.0. The Hall–Kier alpha value is -2.66. The number of hydrogen-bond donors (Lipinski definition) is 0. The highest BCUT2D eigenvalue weighted by Gasteiger charge is 2.32. The molecule has 0 N–H and O–H groups in total. The quantitative estimate of drug-likeness (QED) is 0.372. The summed E-state index contributed by atoms with van der Waals surface area (Å²) < 4.78 is 0. The minimum Gasteiger partial charge on any atom is -0.339 e. The van der Waals surface area contributed by atoms with Crippen LogP contribution in [0.2, 0.25) is 5.02 Å². The first-order chi connectivity index (χ1) is 18.4. The molecule has 3 aromatic carbocycles. The van der Waals surface area contributed by atoms with Crippen molar-refractivity contribution < 1.29 is 4.79 Å². The lowest BCUT2D eigenvalue weighted by Crippen LogP contribution is -2.56. The fourth-order valence-corrected chi connectivity index (χ4v) is 6.29. The molecule has 5 heteroatoms. The van der Waals surface area contributed by atoms with E-state index in [-0.39, 0.29) is 5.91 Å². The molecule has 1 amide bonds. The van der Waals surface area contributed by atoms with Crippen LogP contribution < -0.4 is 0 Å². The molecule has 1 atom stereocenters. The van der Waals surface area contributed by atoms with Gasteiger partial charge in [-0.3, -0.25) is 14.6 Å². The molecule has 2 fully saturated rings. The maximum absolute atomic E-state index is 13.2. The van der Waals surface area contributed by atoms with Gasteiger partial charge in [-0.1, -0.05) is 66.2 Å². The predicted molar refractivity (Wildman–Crippen MR) is 157 cm³/mol. The average molecular weight is 530 g/mol. The lowest BCUT2D eigenvalue weighted by atomic mass is 9.97. The highest BCUT2D eigenvalue weighted by Crippen LogP contribution is 2.24. The van der Waals surface area contributed by atoms with Gasteiger partial charge in [0.05, 0.1) is 0 Å². The van der Waals surface area contributed by atoms with Crippen molar-refractivity contribution in [1.82, 2.24) is 14.7 Å². The predicted octanol–water partition coefficient (Wildman–Crippen LogP) is 6.36. The van der Waals surface area contributed by atoms with Crippen LogP contribution in [-0.2, 0) is 13.0 Å². The smallest absolute Gasteiger partial charge is 0.254 e. The highest BCUT2D eigenvalue weighted by atomic mass is 35.5. The summed E-state index contributed by atoms with van der Waals surface area (Å²) in [4.78, 5) is 20.6. The van der Waals surface area contributed by atoms with Gasteiger partial charge < -0.3 is 4.90 Å². The molecule has 0 aromatic heterocycles. The number of piperidine rings is 1. The van der Waals surface area contributed by atoms with E-state index in [4.69, 9.17) is 11.6 Å². The Morgan fingerprint density at radius 3 is 2.00 bits per heavy atom. The lowest BCUT2D eigenvalue weighted by molar-refractivity contribution is 0.0259. The summed E-state index contributed by atoms with van der Waals surface area (Å²) >= 11 is 6.02. The molecule has 2 heterocycles. The molecular weight excluding hydrogens is 490 g/mol. The van der Waals surface area contributed by atoms with Crippen LogP contribution in [0.15, 0.2) is 66.7 Å². The average Bonchev–Trinajstić information content (AvgIpc) is 2.92. The molecule has 5 rings (SSSR count). The molecule has 0 bridgehead atoms. The van der Waals surface area contributed by atoms with Crippen molar-refractivity contribution in [3.8, 4) is 0 Å². The van der Waals surface area contributed by atoms with Gasteiger partial charge in [-0.15, -0.1) is 0 Å². The summed E-state index contributed by atoms with van der Waals surface area (Å²) in [6.07, 6.45) is 3.07. The van der Waals surface area contributed by atoms with Gasteiger partial charge in [0.15, 0.2) is 0 Å². The van der Waals surface area contributed by atoms with E-state index in [1.165, 1.54) is 16.7 Å². The number of hydrogen-bond acceptors (Lipinski definition) is 3. The SMILES string of the molecule is Cc1cccc(C)c1C(=O)N1CCC(N2CCN(Cc3ccc(Cc4ccc(Cl)cc4)cc3)C(C)C2)CC1. The van der Waals surface area contributed by atoms with Crippen molar-refractivity contribution in [2.75, 3.05) is 32.7 Å². The van der Waals surface area contributed by atoms with Gasteiger partial charge in [0, 0.05) is 61.9 Å². The van der Waals surface area contributed by atoms with Gasteiger partial charge in [-0.25, -0.2) is 0 Å². The second-order valence-electron chi connectivity index (χ2n) is 11.2. The number of piperazine rings is 1. The van der Waals surface area contributed by atoms with Crippen molar-refractivity contribution >= 4 is 17.5 Å². The van der Waals surface area contributed by atoms with Gasteiger partial charge in [0.2, 0.25) is 0 Å². The van der Waals surface area contributed by atoms with Crippen LogP contribution in [0.1, 0.15) is 57.9 Å². The van der Waals surface area contributed by atoms with Crippen LogP contribution >= 0.6 is 11.6 Å². The Balaban J connectivity index is 1.10. The molecule has 2 saturated heterocycles. The Bertz CT molecular complexity index is 1210. The molecule has 2 aliphatic heterocycles. The third kappa shape index (κ3) is 6.31. The molecule has 4 nitrogen and oxygen atoms in total. The monoisotopic (exact) mass is 529 g/mol. The molecule has 0 saturated carbocycles. The molecular formula is C33H40ClN3O. The van der Waals surface area contributed by atoms with Crippen LogP contribution in [0.3, 0.4) is 0 Å². The fourth-order valence-electron chi connectivity index (χ4n) is 6.17. The third-order valence-electron chi connectivity index (χ3n) is 8.49. The summed E-state index contributed by atoms with van der Waals surface area (Å²) in [6, 6.07) is 24.4. The van der Waals surface area contributed by atoms with E-state index in [1.807, 2.05) is 44.2 Å². The van der Waals surface area contributed by atoms with Gasteiger partial charge in [-0.2, -0.15) is 0 Å². The highest BCUT2D eigenvalue weighted by molar-refractivity contribution is 6.30. The minimum atomic E-state index is 0.205. The fraction of sp³-hybridized carbons (Fsp3) is 0.424. The van der Waals surface area contributed by atoms with Crippen LogP contribution in [0.5, 0.6) is 0 Å². The molecule has 38 heavy (non-hydrogen) atoms. The summed E-state index contributed by atoms with van der Waals surface area (Å²) in [7, 11) is 0. The first-order valence-electron chi connectivity index (χ1n) is 14.0. The summed E-state index contributed by atoms with van der Waals surface area (Å²) in [5.74, 6) is 0.205. The standard InChI is InChI=1S/C33H40ClN3O/c1-24-5-4-6-25(2)32(24)33(38)35-17-15-31(16-18-35)37-20-19-36(26(3)22-37)23-29-9-7-27(8-10-29)21-28-11-13-30(34)14-12-28/h4-14,26,31H,15-23H2,1-3H3. The largest absolute Gasteiger partial charge is 0.339 e. The number of nitrogens with zero attached hydrogens (tertiary/aromatic N) is 3. The van der Waals surface area contributed by atoms with E-state index >= 15 is 0 Å². The number of rotatable bonds is 6. The van der Waals surface area contributed by atoms with Crippen molar-refractivity contribution in [1.29, 1.82) is 0 Å². The number of likely N-dealkylation sites (tertiary alicyclic amines) is 1. The lowest BCUT2D eigenvalue weighted by Gasteiger charge is -2.45. The van der Waals surface area contributed by atoms with Crippen molar-refractivity contribution in [2.45, 2.75) is 58.7 Å². The first kappa shape index (κ1) is 26.9. The van der Waals surface area contributed by atoms with Crippen LogP contribution in [0.25, 0.3) is 0 Å². The Morgan fingerprint density at radius 2 is 1.39 bits per heavy atom. The van der Waals surface area contributed by atoms with Crippen LogP contribution in [0.4, 0.5) is 0 Å². The molecule has 0 spiro atoms. The van der Waals surface area contributed by atoms with Gasteiger partial charge in [0.25, 0.3) is 5.91 Å². The number of carbonyl (C=O) groups excluding carboxylic acids is 1. The zero-order valence-electron chi connectivity index (χ0n) is 23.0. The van der Waals surface area contributed by atoms with Crippen molar-refractivity contribution in [3.05, 3.63) is 105 Å². The van der Waals surface area contributed by atoms with Crippen LogP contribution in [-0.4, -0.2) is 65.4 Å². The normalized spacial score (nSPS) is 19.6. The number of halogens is 1. The van der Waals surface area contributed by atoms with Gasteiger partial charge in [0.1, 0.15) is 0 Å². The molecule has 0 aliphatic carbocycles. The molecule has 3 aromatic rings. The maximum Gasteiger partial charge on any atom is 0.254 e. The van der Waals surface area contributed by atoms with E-state index < -0.39 is 0 Å². The van der Waals surface area contributed by atoms with E-state index in [9.17, 15) is 4.79 Å². The van der Waals surface area contributed by atoms with Crippen molar-refractivity contribution in [3.63, 3.8) is 0 Å². The Kier molecular flexibility index (Phi) is 8.52. The van der Waals surface area contributed by atoms with E-state index in [1.54, 1.807) is 0 Å². The number of carbonyl (C=O) groups is 1. The Morgan fingerprint density at radius 1 is 0.816 bits per heavy atom. The van der Waals surface area contributed by atoms with E-state index in [0.29, 0.717) is 12.1 Å². The van der Waals surface area contributed by atoms with Gasteiger partial charge >= 0.3 is 0 Å². The van der Waals surface area contributed by atoms with Crippen LogP contribution in [0, 0.1) is 13.8 Å². The topological polar surface area (TPSA) is 26.8 Å². The molecule has 2 aliphatic rings. The van der Waals surface area contributed by atoms with E-state index in [0.717, 1.165) is 80.2 Å². The number of aryl methyl sites for hydroxylation is 2. The zero-order chi connectivity index (χ0) is 26.6. The zero-order valence-corrected chi connectivity index (χ0v) is 23.8.